The van der Waals surface area contributed by atoms with Crippen LogP contribution in [0.25, 0.3) is 0 Å². The van der Waals surface area contributed by atoms with Crippen LogP contribution in [0.2, 0.25) is 0 Å². The number of cyclic esters (lactones) is 1. The van der Waals surface area contributed by atoms with Gasteiger partial charge in [-0.1, -0.05) is 22.5 Å². The third kappa shape index (κ3) is 1.15. The summed E-state index contributed by atoms with van der Waals surface area (Å²) in [5, 5.41) is 0.761. The van der Waals surface area contributed by atoms with Crippen molar-refractivity contribution in [2.75, 3.05) is 11.9 Å². The lowest BCUT2D eigenvalue weighted by Crippen LogP contribution is -2.02. The Labute approximate surface area is 62.0 Å². The van der Waals surface area contributed by atoms with Gasteiger partial charge in [-0.15, -0.1) is 0 Å². The van der Waals surface area contributed by atoms with Gasteiger partial charge in [0.2, 0.25) is 0 Å². The van der Waals surface area contributed by atoms with Crippen molar-refractivity contribution in [2.45, 2.75) is 0 Å². The van der Waals surface area contributed by atoms with Crippen molar-refractivity contribution in [2.24, 2.45) is 5.92 Å². The number of carbonyl (C=O) groups excluding carboxylic acids is 1. The monoisotopic (exact) mass is 190 g/mol. The molecule has 0 N–H and O–H groups in total. The molecule has 9 heavy (non-hydrogen) atoms. The summed E-state index contributed by atoms with van der Waals surface area (Å²) in [7, 11) is 0. The summed E-state index contributed by atoms with van der Waals surface area (Å²) in [5.74, 6) is -0.0584. The molecular weight excluding hydrogens is 184 g/mol. The standard InChI is InChI=1S/C6H7BrO2/c1-4-5(2-7)3-9-6(4)8/h5H,1-3H2/t5-/m1/s1. The molecule has 0 aromatic rings. The molecule has 0 saturated carbocycles. The second-order valence-corrected chi connectivity index (χ2v) is 2.62. The highest BCUT2D eigenvalue weighted by Crippen LogP contribution is 2.20. The highest BCUT2D eigenvalue weighted by atomic mass is 79.9. The Bertz CT molecular complexity index is 153. The first-order valence-corrected chi connectivity index (χ1v) is 3.79. The van der Waals surface area contributed by atoms with Gasteiger partial charge in [0.05, 0.1) is 6.61 Å². The number of carbonyl (C=O) groups is 1. The summed E-state index contributed by atoms with van der Waals surface area (Å²) < 4.78 is 4.70. The number of rotatable bonds is 1. The first-order chi connectivity index (χ1) is 4.25. The maximum atomic E-state index is 10.6. The lowest BCUT2D eigenvalue weighted by Gasteiger charge is -1.97. The molecule has 1 fully saturated rings. The molecule has 1 rings (SSSR count). The van der Waals surface area contributed by atoms with Crippen LogP contribution < -0.4 is 0 Å². The molecule has 50 valence electrons. The van der Waals surface area contributed by atoms with Crippen LogP contribution >= 0.6 is 15.9 Å². The zero-order valence-electron chi connectivity index (χ0n) is 4.89. The van der Waals surface area contributed by atoms with E-state index in [1.165, 1.54) is 0 Å². The minimum Gasteiger partial charge on any atom is -0.462 e. The summed E-state index contributed by atoms with van der Waals surface area (Å²) in [6, 6.07) is 0. The van der Waals surface area contributed by atoms with E-state index in [1.807, 2.05) is 0 Å². The molecule has 3 heteroatoms. The van der Waals surface area contributed by atoms with Gasteiger partial charge in [0, 0.05) is 16.8 Å². The van der Waals surface area contributed by atoms with Crippen LogP contribution in [0, 0.1) is 5.92 Å². The Morgan fingerprint density at radius 3 is 2.78 bits per heavy atom. The zero-order valence-corrected chi connectivity index (χ0v) is 6.48. The molecule has 1 aliphatic rings. The normalized spacial score (nSPS) is 26.6. The van der Waals surface area contributed by atoms with Crippen LogP contribution in [0.3, 0.4) is 0 Å². The van der Waals surface area contributed by atoms with E-state index >= 15 is 0 Å². The summed E-state index contributed by atoms with van der Waals surface area (Å²) in [4.78, 5) is 10.6. The molecule has 0 unspecified atom stereocenters. The van der Waals surface area contributed by atoms with Crippen LogP contribution in [0.4, 0.5) is 0 Å². The van der Waals surface area contributed by atoms with Crippen molar-refractivity contribution in [3.05, 3.63) is 12.2 Å². The number of hydrogen-bond donors (Lipinski definition) is 0. The van der Waals surface area contributed by atoms with Crippen LogP contribution in [0.15, 0.2) is 12.2 Å². The zero-order chi connectivity index (χ0) is 6.85. The van der Waals surface area contributed by atoms with Crippen molar-refractivity contribution in [3.8, 4) is 0 Å². The van der Waals surface area contributed by atoms with Gasteiger partial charge in [-0.05, 0) is 0 Å². The topological polar surface area (TPSA) is 26.3 Å². The molecule has 2 nitrogen and oxygen atoms in total. The fourth-order valence-electron chi connectivity index (χ4n) is 0.674. The second kappa shape index (κ2) is 2.52. The van der Waals surface area contributed by atoms with E-state index in [-0.39, 0.29) is 11.9 Å². The van der Waals surface area contributed by atoms with Crippen molar-refractivity contribution in [1.29, 1.82) is 0 Å². The minimum atomic E-state index is -0.251. The maximum Gasteiger partial charge on any atom is 0.333 e. The highest BCUT2D eigenvalue weighted by Gasteiger charge is 2.27. The van der Waals surface area contributed by atoms with Crippen molar-refractivity contribution < 1.29 is 9.53 Å². The Hall–Kier alpha value is -0.310. The number of hydrogen-bond acceptors (Lipinski definition) is 2. The molecule has 0 bridgehead atoms. The quantitative estimate of drug-likeness (QED) is 0.352. The smallest absolute Gasteiger partial charge is 0.333 e. The number of alkyl halides is 1. The van der Waals surface area contributed by atoms with Crippen molar-refractivity contribution in [3.63, 3.8) is 0 Å². The van der Waals surface area contributed by atoms with Gasteiger partial charge in [0.25, 0.3) is 0 Å². The van der Waals surface area contributed by atoms with Gasteiger partial charge in [-0.3, -0.25) is 0 Å². The summed E-state index contributed by atoms with van der Waals surface area (Å²) in [5.41, 5.74) is 0.590. The largest absolute Gasteiger partial charge is 0.462 e. The van der Waals surface area contributed by atoms with Gasteiger partial charge < -0.3 is 4.74 Å². The van der Waals surface area contributed by atoms with Crippen molar-refractivity contribution >= 4 is 21.9 Å². The molecule has 0 amide bonds. The average Bonchev–Trinajstić information content (AvgIpc) is 2.15. The van der Waals surface area contributed by atoms with E-state index in [2.05, 4.69) is 22.5 Å². The third-order valence-corrected chi connectivity index (χ3v) is 2.14. The molecule has 1 saturated heterocycles. The number of ether oxygens (including phenoxy) is 1. The Morgan fingerprint density at radius 1 is 1.89 bits per heavy atom. The Kier molecular flexibility index (Phi) is 1.90. The van der Waals surface area contributed by atoms with Crippen LogP contribution in [-0.2, 0) is 9.53 Å². The van der Waals surface area contributed by atoms with E-state index in [4.69, 9.17) is 4.74 Å². The summed E-state index contributed by atoms with van der Waals surface area (Å²) >= 11 is 3.25. The van der Waals surface area contributed by atoms with E-state index < -0.39 is 0 Å². The SMILES string of the molecule is C=C1C(=O)OC[C@H]1CBr. The van der Waals surface area contributed by atoms with Gasteiger partial charge in [-0.2, -0.15) is 0 Å². The first-order valence-electron chi connectivity index (χ1n) is 2.67. The maximum absolute atomic E-state index is 10.6. The van der Waals surface area contributed by atoms with Gasteiger partial charge in [0.1, 0.15) is 0 Å². The molecule has 1 heterocycles. The highest BCUT2D eigenvalue weighted by molar-refractivity contribution is 9.09. The summed E-state index contributed by atoms with van der Waals surface area (Å²) in [6.45, 7) is 4.07. The molecule has 0 aromatic heterocycles. The summed E-state index contributed by atoms with van der Waals surface area (Å²) in [6.07, 6.45) is 0. The molecule has 0 aromatic carbocycles. The Balaban J connectivity index is 2.62. The molecule has 0 aliphatic carbocycles. The molecule has 0 spiro atoms. The minimum absolute atomic E-state index is 0.192. The fraction of sp³-hybridized carbons (Fsp3) is 0.500. The molecule has 1 aliphatic heterocycles. The molecular formula is C6H7BrO2. The predicted molar refractivity (Wildman–Crippen MR) is 37.4 cm³/mol. The second-order valence-electron chi connectivity index (χ2n) is 1.97. The Morgan fingerprint density at radius 2 is 2.56 bits per heavy atom. The number of esters is 1. The van der Waals surface area contributed by atoms with E-state index in [0.717, 1.165) is 5.33 Å². The first kappa shape index (κ1) is 6.81. The van der Waals surface area contributed by atoms with Crippen LogP contribution in [-0.4, -0.2) is 17.9 Å². The van der Waals surface area contributed by atoms with Crippen molar-refractivity contribution in [1.82, 2.24) is 0 Å². The predicted octanol–water partition coefficient (Wildman–Crippen LogP) is 1.11. The van der Waals surface area contributed by atoms with Crippen LogP contribution in [0.5, 0.6) is 0 Å². The fourth-order valence-corrected chi connectivity index (χ4v) is 1.25. The van der Waals surface area contributed by atoms with Gasteiger partial charge in [0.15, 0.2) is 0 Å². The molecule has 0 radical (unpaired) electrons. The average molecular weight is 191 g/mol. The van der Waals surface area contributed by atoms with Gasteiger partial charge >= 0.3 is 5.97 Å². The lowest BCUT2D eigenvalue weighted by atomic mass is 10.1. The van der Waals surface area contributed by atoms with E-state index in [0.29, 0.717) is 12.2 Å². The lowest BCUT2D eigenvalue weighted by molar-refractivity contribution is -0.135. The third-order valence-electron chi connectivity index (χ3n) is 1.36. The van der Waals surface area contributed by atoms with E-state index in [9.17, 15) is 4.79 Å². The van der Waals surface area contributed by atoms with Gasteiger partial charge in [-0.25, -0.2) is 4.79 Å². The molecule has 1 atom stereocenters. The number of halogens is 1. The van der Waals surface area contributed by atoms with E-state index in [1.54, 1.807) is 0 Å². The van der Waals surface area contributed by atoms with Crippen LogP contribution in [0.1, 0.15) is 0 Å².